The molecule has 162 valence electrons. The van der Waals surface area contributed by atoms with Gasteiger partial charge in [0.1, 0.15) is 34.2 Å². The number of hydrogen-bond donors (Lipinski definition) is 2. The Hall–Kier alpha value is -3.47. The number of aromatic hydroxyl groups is 2. The SMILES string of the molecule is COc1cc2c(c(O)c1C(=O)C=Cc1ccc(O)cc1)C=CC(C)(CCC=C(C)C)O2. The third-order valence-corrected chi connectivity index (χ3v) is 5.19. The van der Waals surface area contributed by atoms with Gasteiger partial charge in [0.2, 0.25) is 0 Å². The Morgan fingerprint density at radius 2 is 1.90 bits per heavy atom. The predicted octanol–water partition coefficient (Wildman–Crippen LogP) is 5.91. The summed E-state index contributed by atoms with van der Waals surface area (Å²) in [6.07, 6.45) is 10.5. The lowest BCUT2D eigenvalue weighted by molar-refractivity contribution is 0.104. The van der Waals surface area contributed by atoms with Gasteiger partial charge in [0.25, 0.3) is 0 Å². The molecule has 3 rings (SSSR count). The first-order valence-corrected chi connectivity index (χ1v) is 10.2. The van der Waals surface area contributed by atoms with Crippen LogP contribution in [0, 0.1) is 0 Å². The summed E-state index contributed by atoms with van der Waals surface area (Å²) in [6, 6.07) is 8.11. The van der Waals surface area contributed by atoms with Crippen LogP contribution in [-0.2, 0) is 0 Å². The fourth-order valence-corrected chi connectivity index (χ4v) is 3.45. The van der Waals surface area contributed by atoms with E-state index >= 15 is 0 Å². The van der Waals surface area contributed by atoms with Gasteiger partial charge in [-0.05, 0) is 69.5 Å². The van der Waals surface area contributed by atoms with E-state index < -0.39 is 11.4 Å². The second-order valence-corrected chi connectivity index (χ2v) is 8.07. The minimum Gasteiger partial charge on any atom is -0.508 e. The number of ether oxygens (including phenoxy) is 2. The molecule has 0 aliphatic carbocycles. The van der Waals surface area contributed by atoms with Crippen molar-refractivity contribution in [2.45, 2.75) is 39.2 Å². The van der Waals surface area contributed by atoms with Crippen LogP contribution >= 0.6 is 0 Å². The van der Waals surface area contributed by atoms with E-state index in [4.69, 9.17) is 9.47 Å². The highest BCUT2D eigenvalue weighted by Crippen LogP contribution is 2.44. The molecule has 0 saturated heterocycles. The van der Waals surface area contributed by atoms with Crippen molar-refractivity contribution in [3.8, 4) is 23.0 Å². The van der Waals surface area contributed by atoms with Crippen LogP contribution in [0.25, 0.3) is 12.2 Å². The van der Waals surface area contributed by atoms with Crippen molar-refractivity contribution in [3.63, 3.8) is 0 Å². The predicted molar refractivity (Wildman–Crippen MR) is 123 cm³/mol. The van der Waals surface area contributed by atoms with E-state index in [1.165, 1.54) is 30.9 Å². The van der Waals surface area contributed by atoms with Gasteiger partial charge < -0.3 is 19.7 Å². The van der Waals surface area contributed by atoms with E-state index in [2.05, 4.69) is 19.9 Å². The molecule has 0 bridgehead atoms. The van der Waals surface area contributed by atoms with Crippen LogP contribution in [0.2, 0.25) is 0 Å². The molecule has 2 N–H and O–H groups in total. The molecule has 1 heterocycles. The number of phenols is 2. The quantitative estimate of drug-likeness (QED) is 0.331. The van der Waals surface area contributed by atoms with E-state index in [1.807, 2.05) is 13.0 Å². The monoisotopic (exact) mass is 420 g/mol. The summed E-state index contributed by atoms with van der Waals surface area (Å²) in [6.45, 7) is 6.12. The second kappa shape index (κ2) is 9.13. The van der Waals surface area contributed by atoms with E-state index in [9.17, 15) is 15.0 Å². The molecule has 0 fully saturated rings. The average Bonchev–Trinajstić information content (AvgIpc) is 2.72. The Labute approximate surface area is 183 Å². The lowest BCUT2D eigenvalue weighted by Gasteiger charge is -2.32. The highest BCUT2D eigenvalue weighted by atomic mass is 16.5. The van der Waals surface area contributed by atoms with Crippen molar-refractivity contribution in [1.82, 2.24) is 0 Å². The van der Waals surface area contributed by atoms with E-state index in [0.717, 1.165) is 18.4 Å². The number of ketones is 1. The molecular formula is C26H28O5. The van der Waals surface area contributed by atoms with Gasteiger partial charge in [-0.25, -0.2) is 0 Å². The van der Waals surface area contributed by atoms with Gasteiger partial charge in [0, 0.05) is 6.07 Å². The number of hydrogen-bond acceptors (Lipinski definition) is 5. The molecule has 1 atom stereocenters. The van der Waals surface area contributed by atoms with Crippen molar-refractivity contribution in [2.24, 2.45) is 0 Å². The zero-order chi connectivity index (χ0) is 22.6. The van der Waals surface area contributed by atoms with Gasteiger partial charge >= 0.3 is 0 Å². The minimum absolute atomic E-state index is 0.0812. The average molecular weight is 421 g/mol. The molecule has 31 heavy (non-hydrogen) atoms. The maximum atomic E-state index is 12.9. The number of carbonyl (C=O) groups excluding carboxylic acids is 1. The van der Waals surface area contributed by atoms with Gasteiger partial charge in [-0.2, -0.15) is 0 Å². The summed E-state index contributed by atoms with van der Waals surface area (Å²) in [5.41, 5.74) is 2.03. The number of rotatable bonds is 7. The second-order valence-electron chi connectivity index (χ2n) is 8.07. The molecule has 1 aliphatic rings. The Morgan fingerprint density at radius 1 is 1.19 bits per heavy atom. The van der Waals surface area contributed by atoms with Crippen molar-refractivity contribution in [2.75, 3.05) is 7.11 Å². The summed E-state index contributed by atoms with van der Waals surface area (Å²) in [4.78, 5) is 12.9. The van der Waals surface area contributed by atoms with Crippen LogP contribution in [0.4, 0.5) is 0 Å². The molecule has 0 radical (unpaired) electrons. The fraction of sp³-hybridized carbons (Fsp3) is 0.269. The number of fused-ring (bicyclic) bond motifs is 1. The van der Waals surface area contributed by atoms with Crippen molar-refractivity contribution in [1.29, 1.82) is 0 Å². The molecule has 5 heteroatoms. The summed E-state index contributed by atoms with van der Waals surface area (Å²) in [5.74, 6) is 0.319. The summed E-state index contributed by atoms with van der Waals surface area (Å²) >= 11 is 0. The Kier molecular flexibility index (Phi) is 6.54. The number of benzene rings is 2. The van der Waals surface area contributed by atoms with Crippen LogP contribution in [0.15, 0.2) is 54.1 Å². The number of carbonyl (C=O) groups is 1. The zero-order valence-electron chi connectivity index (χ0n) is 18.3. The molecule has 2 aromatic carbocycles. The maximum absolute atomic E-state index is 12.9. The van der Waals surface area contributed by atoms with E-state index in [0.29, 0.717) is 11.3 Å². The fourth-order valence-electron chi connectivity index (χ4n) is 3.45. The first-order chi connectivity index (χ1) is 14.7. The van der Waals surface area contributed by atoms with Crippen molar-refractivity contribution >= 4 is 17.9 Å². The molecule has 1 aliphatic heterocycles. The number of methoxy groups -OCH3 is 1. The first-order valence-electron chi connectivity index (χ1n) is 10.2. The van der Waals surface area contributed by atoms with E-state index in [-0.39, 0.29) is 22.8 Å². The third-order valence-electron chi connectivity index (χ3n) is 5.19. The Bertz CT molecular complexity index is 1060. The zero-order valence-corrected chi connectivity index (χ0v) is 18.3. The molecule has 0 amide bonds. The molecule has 0 saturated carbocycles. The Balaban J connectivity index is 1.89. The van der Waals surface area contributed by atoms with Gasteiger partial charge in [-0.3, -0.25) is 4.79 Å². The summed E-state index contributed by atoms with van der Waals surface area (Å²) in [5, 5.41) is 20.2. The van der Waals surface area contributed by atoms with Gasteiger partial charge in [0.15, 0.2) is 5.78 Å². The molecule has 0 spiro atoms. The van der Waals surface area contributed by atoms with Gasteiger partial charge in [-0.15, -0.1) is 0 Å². The smallest absolute Gasteiger partial charge is 0.193 e. The first kappa shape index (κ1) is 22.2. The van der Waals surface area contributed by atoms with Gasteiger partial charge in [-0.1, -0.05) is 29.9 Å². The van der Waals surface area contributed by atoms with Crippen LogP contribution in [0.5, 0.6) is 23.0 Å². The Morgan fingerprint density at radius 3 is 2.55 bits per heavy atom. The van der Waals surface area contributed by atoms with Crippen LogP contribution < -0.4 is 9.47 Å². The normalized spacial score (nSPS) is 17.2. The molecule has 0 aromatic heterocycles. The maximum Gasteiger partial charge on any atom is 0.193 e. The summed E-state index contributed by atoms with van der Waals surface area (Å²) in [7, 11) is 1.45. The highest BCUT2D eigenvalue weighted by Gasteiger charge is 2.31. The van der Waals surface area contributed by atoms with Crippen molar-refractivity contribution in [3.05, 3.63) is 70.8 Å². The number of allylic oxidation sites excluding steroid dienone is 3. The molecular weight excluding hydrogens is 392 g/mol. The van der Waals surface area contributed by atoms with E-state index in [1.54, 1.807) is 30.4 Å². The van der Waals surface area contributed by atoms with Gasteiger partial charge in [0.05, 0.1) is 12.7 Å². The molecule has 2 aromatic rings. The largest absolute Gasteiger partial charge is 0.508 e. The van der Waals surface area contributed by atoms with Crippen LogP contribution in [0.3, 0.4) is 0 Å². The highest BCUT2D eigenvalue weighted by molar-refractivity contribution is 6.11. The summed E-state index contributed by atoms with van der Waals surface area (Å²) < 4.78 is 11.6. The lowest BCUT2D eigenvalue weighted by Crippen LogP contribution is -2.31. The standard InChI is InChI=1S/C26H28O5/c1-17(2)6-5-14-26(3)15-13-20-22(31-26)16-23(30-4)24(25(20)29)21(28)12-9-18-7-10-19(27)11-8-18/h6-13,15-16,27,29H,5,14H2,1-4H3. The van der Waals surface area contributed by atoms with Crippen molar-refractivity contribution < 1.29 is 24.5 Å². The lowest BCUT2D eigenvalue weighted by atomic mass is 9.92. The van der Waals surface area contributed by atoms with Crippen LogP contribution in [0.1, 0.15) is 55.1 Å². The molecule has 1 unspecified atom stereocenters. The molecule has 5 nitrogen and oxygen atoms in total. The topological polar surface area (TPSA) is 76.0 Å². The van der Waals surface area contributed by atoms with Crippen LogP contribution in [-0.4, -0.2) is 28.7 Å². The minimum atomic E-state index is -0.513. The number of phenolic OH excluding ortho intramolecular Hbond substituents is 2. The third kappa shape index (κ3) is 5.18.